The van der Waals surface area contributed by atoms with Gasteiger partial charge in [0.1, 0.15) is 5.75 Å². The molecule has 68 valence electrons. The zero-order chi connectivity index (χ0) is 9.42. The van der Waals surface area contributed by atoms with Crippen molar-refractivity contribution in [2.75, 3.05) is 0 Å². The Bertz CT molecular complexity index is 433. The fraction of sp³-hybridized carbons (Fsp3) is 0.200. The minimum Gasteiger partial charge on any atom is -0.506 e. The molecular formula is C10H11NOS. The van der Waals surface area contributed by atoms with Crippen molar-refractivity contribution in [2.24, 2.45) is 5.73 Å². The van der Waals surface area contributed by atoms with Crippen LogP contribution >= 0.6 is 11.3 Å². The van der Waals surface area contributed by atoms with E-state index in [1.165, 1.54) is 0 Å². The van der Waals surface area contributed by atoms with Gasteiger partial charge in [0.25, 0.3) is 0 Å². The Labute approximate surface area is 80.6 Å². The van der Waals surface area contributed by atoms with E-state index in [9.17, 15) is 5.11 Å². The van der Waals surface area contributed by atoms with Crippen molar-refractivity contribution in [2.45, 2.75) is 13.0 Å². The van der Waals surface area contributed by atoms with Crippen LogP contribution < -0.4 is 5.73 Å². The first-order valence-electron chi connectivity index (χ1n) is 4.16. The first kappa shape index (κ1) is 8.53. The predicted octanol–water partition coefficient (Wildman–Crippen LogP) is 2.63. The van der Waals surface area contributed by atoms with Crippen LogP contribution in [0.15, 0.2) is 24.3 Å². The number of rotatable bonds is 1. The number of hydrogen-bond donors (Lipinski definition) is 2. The standard InChI is InChI=1S/C10H11NOS/c1-6(11)10-9(12)7-4-2-3-5-8(7)13-10/h2-6,12H,11H2,1H3/t6-/m1/s1. The molecule has 0 unspecified atom stereocenters. The number of fused-ring (bicyclic) bond motifs is 1. The lowest BCUT2D eigenvalue weighted by atomic mass is 10.2. The van der Waals surface area contributed by atoms with Crippen molar-refractivity contribution in [1.29, 1.82) is 0 Å². The third-order valence-corrected chi connectivity index (χ3v) is 3.37. The van der Waals surface area contributed by atoms with Crippen molar-refractivity contribution < 1.29 is 5.11 Å². The molecule has 0 bridgehead atoms. The maximum Gasteiger partial charge on any atom is 0.138 e. The minimum atomic E-state index is -0.0996. The fourth-order valence-corrected chi connectivity index (χ4v) is 2.41. The molecule has 2 rings (SSSR count). The molecule has 3 heteroatoms. The summed E-state index contributed by atoms with van der Waals surface area (Å²) in [5.41, 5.74) is 5.73. The fourth-order valence-electron chi connectivity index (χ4n) is 1.36. The maximum absolute atomic E-state index is 9.79. The zero-order valence-corrected chi connectivity index (χ0v) is 8.14. The van der Waals surface area contributed by atoms with Crippen LogP contribution in [0.4, 0.5) is 0 Å². The maximum atomic E-state index is 9.79. The van der Waals surface area contributed by atoms with Gasteiger partial charge in [-0.1, -0.05) is 12.1 Å². The SMILES string of the molecule is C[C@@H](N)c1sc2ccccc2c1O. The molecule has 0 saturated carbocycles. The number of thiophene rings is 1. The Morgan fingerprint density at radius 3 is 2.69 bits per heavy atom. The topological polar surface area (TPSA) is 46.2 Å². The molecule has 0 aliphatic heterocycles. The summed E-state index contributed by atoms with van der Waals surface area (Å²) in [6, 6.07) is 7.68. The van der Waals surface area contributed by atoms with Crippen molar-refractivity contribution in [3.63, 3.8) is 0 Å². The molecule has 2 aromatic rings. The van der Waals surface area contributed by atoms with E-state index in [1.807, 2.05) is 31.2 Å². The van der Waals surface area contributed by atoms with Crippen LogP contribution in [0, 0.1) is 0 Å². The van der Waals surface area contributed by atoms with Gasteiger partial charge < -0.3 is 10.8 Å². The van der Waals surface area contributed by atoms with E-state index in [2.05, 4.69) is 0 Å². The molecule has 0 aliphatic carbocycles. The van der Waals surface area contributed by atoms with Crippen LogP contribution in [-0.2, 0) is 0 Å². The van der Waals surface area contributed by atoms with Gasteiger partial charge in [0.05, 0.1) is 4.88 Å². The highest BCUT2D eigenvalue weighted by molar-refractivity contribution is 7.19. The summed E-state index contributed by atoms with van der Waals surface area (Å²) in [5.74, 6) is 0.343. The van der Waals surface area contributed by atoms with Crippen LogP contribution in [0.5, 0.6) is 5.75 Å². The molecule has 1 heterocycles. The summed E-state index contributed by atoms with van der Waals surface area (Å²) in [7, 11) is 0. The molecule has 0 amide bonds. The van der Waals surface area contributed by atoms with E-state index < -0.39 is 0 Å². The van der Waals surface area contributed by atoms with Crippen LogP contribution in [0.25, 0.3) is 10.1 Å². The highest BCUT2D eigenvalue weighted by atomic mass is 32.1. The summed E-state index contributed by atoms with van der Waals surface area (Å²) < 4.78 is 1.09. The third-order valence-electron chi connectivity index (χ3n) is 2.01. The Balaban J connectivity index is 2.74. The molecule has 1 aromatic heterocycles. The van der Waals surface area contributed by atoms with Crippen LogP contribution in [0.1, 0.15) is 17.8 Å². The second-order valence-electron chi connectivity index (χ2n) is 3.10. The molecule has 0 spiro atoms. The Morgan fingerprint density at radius 2 is 2.08 bits per heavy atom. The third kappa shape index (κ3) is 1.30. The summed E-state index contributed by atoms with van der Waals surface area (Å²) in [6.07, 6.45) is 0. The summed E-state index contributed by atoms with van der Waals surface area (Å²) >= 11 is 1.56. The summed E-state index contributed by atoms with van der Waals surface area (Å²) in [4.78, 5) is 0.862. The van der Waals surface area contributed by atoms with Crippen molar-refractivity contribution in [3.05, 3.63) is 29.1 Å². The lowest BCUT2D eigenvalue weighted by Crippen LogP contribution is -2.02. The van der Waals surface area contributed by atoms with E-state index in [0.717, 1.165) is 15.0 Å². The van der Waals surface area contributed by atoms with Gasteiger partial charge in [0, 0.05) is 16.1 Å². The van der Waals surface area contributed by atoms with Crippen molar-refractivity contribution in [3.8, 4) is 5.75 Å². The lowest BCUT2D eigenvalue weighted by molar-refractivity contribution is 0.474. The quantitative estimate of drug-likeness (QED) is 0.731. The van der Waals surface area contributed by atoms with Gasteiger partial charge in [-0.25, -0.2) is 0 Å². The normalized spacial score (nSPS) is 13.4. The van der Waals surface area contributed by atoms with Gasteiger partial charge in [-0.05, 0) is 19.1 Å². The first-order chi connectivity index (χ1) is 6.20. The first-order valence-corrected chi connectivity index (χ1v) is 4.98. The molecule has 3 N–H and O–H groups in total. The zero-order valence-electron chi connectivity index (χ0n) is 7.32. The van der Waals surface area contributed by atoms with E-state index in [1.54, 1.807) is 11.3 Å². The molecule has 13 heavy (non-hydrogen) atoms. The minimum absolute atomic E-state index is 0.0996. The number of hydrogen-bond acceptors (Lipinski definition) is 3. The van der Waals surface area contributed by atoms with Gasteiger partial charge in [-0.3, -0.25) is 0 Å². The highest BCUT2D eigenvalue weighted by Crippen LogP contribution is 2.39. The number of nitrogens with two attached hydrogens (primary N) is 1. The summed E-state index contributed by atoms with van der Waals surface area (Å²) in [6.45, 7) is 1.88. The molecule has 0 saturated heterocycles. The molecule has 1 aromatic carbocycles. The molecular weight excluding hydrogens is 182 g/mol. The summed E-state index contributed by atoms with van der Waals surface area (Å²) in [5, 5.41) is 10.7. The predicted molar refractivity (Wildman–Crippen MR) is 56.1 cm³/mol. The second kappa shape index (κ2) is 3.01. The molecule has 0 radical (unpaired) electrons. The van der Waals surface area contributed by atoms with Crippen molar-refractivity contribution >= 4 is 21.4 Å². The van der Waals surface area contributed by atoms with Gasteiger partial charge in [0.2, 0.25) is 0 Å². The van der Waals surface area contributed by atoms with Crippen LogP contribution in [0.2, 0.25) is 0 Å². The van der Waals surface area contributed by atoms with Crippen molar-refractivity contribution in [1.82, 2.24) is 0 Å². The Hall–Kier alpha value is -1.06. The van der Waals surface area contributed by atoms with Gasteiger partial charge in [-0.2, -0.15) is 0 Å². The molecule has 2 nitrogen and oxygen atoms in total. The number of benzene rings is 1. The Kier molecular flexibility index (Phi) is 1.98. The molecule has 0 fully saturated rings. The van der Waals surface area contributed by atoms with Crippen LogP contribution in [0.3, 0.4) is 0 Å². The van der Waals surface area contributed by atoms with Gasteiger partial charge in [0.15, 0.2) is 0 Å². The van der Waals surface area contributed by atoms with E-state index in [-0.39, 0.29) is 6.04 Å². The highest BCUT2D eigenvalue weighted by Gasteiger charge is 2.12. The van der Waals surface area contributed by atoms with Gasteiger partial charge in [-0.15, -0.1) is 11.3 Å². The smallest absolute Gasteiger partial charge is 0.138 e. The van der Waals surface area contributed by atoms with E-state index in [0.29, 0.717) is 5.75 Å². The second-order valence-corrected chi connectivity index (χ2v) is 4.18. The largest absolute Gasteiger partial charge is 0.506 e. The lowest BCUT2D eigenvalue weighted by Gasteiger charge is -2.00. The van der Waals surface area contributed by atoms with Crippen LogP contribution in [-0.4, -0.2) is 5.11 Å². The van der Waals surface area contributed by atoms with Gasteiger partial charge >= 0.3 is 0 Å². The van der Waals surface area contributed by atoms with E-state index in [4.69, 9.17) is 5.73 Å². The molecule has 1 atom stereocenters. The average molecular weight is 193 g/mol. The Morgan fingerprint density at radius 1 is 1.38 bits per heavy atom. The monoisotopic (exact) mass is 193 g/mol. The number of aromatic hydroxyl groups is 1. The average Bonchev–Trinajstić information content (AvgIpc) is 2.45. The van der Waals surface area contributed by atoms with E-state index >= 15 is 0 Å². The molecule has 0 aliphatic rings.